The highest BCUT2D eigenvalue weighted by Crippen LogP contribution is 2.31. The van der Waals surface area contributed by atoms with Gasteiger partial charge in [-0.1, -0.05) is 55.7 Å². The number of para-hydroxylation sites is 1. The monoisotopic (exact) mass is 326 g/mol. The summed E-state index contributed by atoms with van der Waals surface area (Å²) in [4.78, 5) is 4.62. The predicted molar refractivity (Wildman–Crippen MR) is 99.0 cm³/mol. The molecule has 0 bridgehead atoms. The van der Waals surface area contributed by atoms with Crippen LogP contribution in [0.4, 0.5) is 10.8 Å². The fraction of sp³-hybridized carbons (Fsp3) is 0.316. The number of nitrogens with zero attached hydrogens (tertiary/aromatic N) is 1. The van der Waals surface area contributed by atoms with Crippen LogP contribution in [0, 0.1) is 0 Å². The molecule has 1 N–H and O–H groups in total. The number of hydrogen-bond acceptors (Lipinski definition) is 4. The lowest BCUT2D eigenvalue weighted by Crippen LogP contribution is -1.96. The summed E-state index contributed by atoms with van der Waals surface area (Å²) < 4.78 is 6.99. The van der Waals surface area contributed by atoms with E-state index in [9.17, 15) is 0 Å². The van der Waals surface area contributed by atoms with Gasteiger partial charge in [0.2, 0.25) is 0 Å². The van der Waals surface area contributed by atoms with Gasteiger partial charge in [-0.05, 0) is 36.8 Å². The molecule has 1 aromatic heterocycles. The van der Waals surface area contributed by atoms with Gasteiger partial charge < -0.3 is 10.1 Å². The SMILES string of the molecule is CCCCCCOc1ccc2nc(Nc3ccccc3)sc2c1. The van der Waals surface area contributed by atoms with Crippen LogP contribution in [0.3, 0.4) is 0 Å². The summed E-state index contributed by atoms with van der Waals surface area (Å²) in [6.45, 7) is 3.01. The van der Waals surface area contributed by atoms with Crippen LogP contribution in [0.15, 0.2) is 48.5 Å². The molecule has 0 aliphatic carbocycles. The highest BCUT2D eigenvalue weighted by molar-refractivity contribution is 7.22. The zero-order chi connectivity index (χ0) is 15.9. The fourth-order valence-electron chi connectivity index (χ4n) is 2.41. The average molecular weight is 326 g/mol. The van der Waals surface area contributed by atoms with Crippen LogP contribution >= 0.6 is 11.3 Å². The maximum Gasteiger partial charge on any atom is 0.188 e. The van der Waals surface area contributed by atoms with Gasteiger partial charge in [0.15, 0.2) is 5.13 Å². The molecule has 0 saturated heterocycles. The van der Waals surface area contributed by atoms with Crippen LogP contribution in [-0.4, -0.2) is 11.6 Å². The number of fused-ring (bicyclic) bond motifs is 1. The first-order chi connectivity index (χ1) is 11.3. The number of rotatable bonds is 8. The minimum atomic E-state index is 0.791. The average Bonchev–Trinajstić information content (AvgIpc) is 2.97. The summed E-state index contributed by atoms with van der Waals surface area (Å²) >= 11 is 1.65. The summed E-state index contributed by atoms with van der Waals surface area (Å²) in [6.07, 6.45) is 4.90. The molecule has 0 aliphatic rings. The van der Waals surface area contributed by atoms with Gasteiger partial charge in [0.25, 0.3) is 0 Å². The summed E-state index contributed by atoms with van der Waals surface area (Å²) in [6, 6.07) is 16.2. The van der Waals surface area contributed by atoms with Crippen molar-refractivity contribution in [2.75, 3.05) is 11.9 Å². The van der Waals surface area contributed by atoms with Crippen LogP contribution in [0.5, 0.6) is 5.75 Å². The molecule has 3 rings (SSSR count). The number of benzene rings is 2. The minimum absolute atomic E-state index is 0.791. The maximum atomic E-state index is 5.85. The van der Waals surface area contributed by atoms with E-state index >= 15 is 0 Å². The molecule has 3 nitrogen and oxygen atoms in total. The zero-order valence-electron chi connectivity index (χ0n) is 13.4. The van der Waals surface area contributed by atoms with E-state index < -0.39 is 0 Å². The van der Waals surface area contributed by atoms with Crippen LogP contribution < -0.4 is 10.1 Å². The predicted octanol–water partition coefficient (Wildman–Crippen LogP) is 6.00. The van der Waals surface area contributed by atoms with Gasteiger partial charge in [0.1, 0.15) is 5.75 Å². The van der Waals surface area contributed by atoms with E-state index in [0.717, 1.165) is 39.8 Å². The Balaban J connectivity index is 1.63. The third kappa shape index (κ3) is 4.45. The topological polar surface area (TPSA) is 34.1 Å². The van der Waals surface area contributed by atoms with Gasteiger partial charge in [-0.25, -0.2) is 4.98 Å². The molecular formula is C19H22N2OS. The quantitative estimate of drug-likeness (QED) is 0.516. The van der Waals surface area contributed by atoms with Crippen molar-refractivity contribution in [3.05, 3.63) is 48.5 Å². The molecule has 0 spiro atoms. The minimum Gasteiger partial charge on any atom is -0.494 e. The highest BCUT2D eigenvalue weighted by atomic mass is 32.1. The Kier molecular flexibility index (Phi) is 5.48. The Morgan fingerprint density at radius 1 is 1.04 bits per heavy atom. The highest BCUT2D eigenvalue weighted by Gasteiger charge is 2.05. The lowest BCUT2D eigenvalue weighted by atomic mass is 10.2. The summed E-state index contributed by atoms with van der Waals surface area (Å²) in [7, 11) is 0. The van der Waals surface area contributed by atoms with Crippen LogP contribution in [0.2, 0.25) is 0 Å². The van der Waals surface area contributed by atoms with Crippen molar-refractivity contribution in [3.63, 3.8) is 0 Å². The second-order valence-electron chi connectivity index (χ2n) is 5.55. The van der Waals surface area contributed by atoms with Gasteiger partial charge in [0.05, 0.1) is 16.8 Å². The number of hydrogen-bond donors (Lipinski definition) is 1. The standard InChI is InChI=1S/C19H22N2OS/c1-2-3-4-8-13-22-16-11-12-17-18(14-16)23-19(21-17)20-15-9-6-5-7-10-15/h5-7,9-12,14H,2-4,8,13H2,1H3,(H,20,21). The second kappa shape index (κ2) is 7.97. The van der Waals surface area contributed by atoms with E-state index in [2.05, 4.69) is 23.3 Å². The molecule has 0 amide bonds. The lowest BCUT2D eigenvalue weighted by Gasteiger charge is -2.05. The van der Waals surface area contributed by atoms with Gasteiger partial charge in [-0.15, -0.1) is 0 Å². The lowest BCUT2D eigenvalue weighted by molar-refractivity contribution is 0.305. The van der Waals surface area contributed by atoms with Gasteiger partial charge in [-0.3, -0.25) is 0 Å². The smallest absolute Gasteiger partial charge is 0.188 e. The van der Waals surface area contributed by atoms with Crippen molar-refractivity contribution in [1.82, 2.24) is 4.98 Å². The number of thiazole rings is 1. The molecule has 0 aliphatic heterocycles. The van der Waals surface area contributed by atoms with Crippen molar-refractivity contribution in [2.45, 2.75) is 32.6 Å². The van der Waals surface area contributed by atoms with E-state index in [1.807, 2.05) is 42.5 Å². The molecule has 4 heteroatoms. The molecule has 0 saturated carbocycles. The maximum absolute atomic E-state index is 5.85. The first-order valence-electron chi connectivity index (χ1n) is 8.20. The molecular weight excluding hydrogens is 304 g/mol. The van der Waals surface area contributed by atoms with Crippen molar-refractivity contribution in [2.24, 2.45) is 0 Å². The largest absolute Gasteiger partial charge is 0.494 e. The third-order valence-corrected chi connectivity index (χ3v) is 4.59. The Morgan fingerprint density at radius 2 is 1.91 bits per heavy atom. The first kappa shape index (κ1) is 15.8. The van der Waals surface area contributed by atoms with Crippen molar-refractivity contribution < 1.29 is 4.74 Å². The van der Waals surface area contributed by atoms with E-state index in [-0.39, 0.29) is 0 Å². The molecule has 0 radical (unpaired) electrons. The number of unbranched alkanes of at least 4 members (excludes halogenated alkanes) is 3. The normalized spacial score (nSPS) is 10.8. The first-order valence-corrected chi connectivity index (χ1v) is 9.02. The van der Waals surface area contributed by atoms with Gasteiger partial charge >= 0.3 is 0 Å². The van der Waals surface area contributed by atoms with Crippen molar-refractivity contribution >= 4 is 32.4 Å². The zero-order valence-corrected chi connectivity index (χ0v) is 14.2. The number of nitrogens with one attached hydrogen (secondary N) is 1. The van der Waals surface area contributed by atoms with E-state index in [4.69, 9.17) is 4.74 Å². The van der Waals surface area contributed by atoms with Crippen molar-refractivity contribution in [3.8, 4) is 5.75 Å². The fourth-order valence-corrected chi connectivity index (χ4v) is 3.33. The summed E-state index contributed by atoms with van der Waals surface area (Å²) in [5.41, 5.74) is 2.06. The van der Waals surface area contributed by atoms with Crippen LogP contribution in [0.1, 0.15) is 32.6 Å². The van der Waals surface area contributed by atoms with Crippen LogP contribution in [0.25, 0.3) is 10.2 Å². The van der Waals surface area contributed by atoms with Crippen LogP contribution in [-0.2, 0) is 0 Å². The number of anilines is 2. The Labute approximate surface area is 141 Å². The molecule has 3 aromatic rings. The molecule has 120 valence electrons. The molecule has 23 heavy (non-hydrogen) atoms. The van der Waals surface area contributed by atoms with Gasteiger partial charge in [-0.2, -0.15) is 0 Å². The molecule has 1 heterocycles. The van der Waals surface area contributed by atoms with E-state index in [1.165, 1.54) is 19.3 Å². The van der Waals surface area contributed by atoms with Crippen molar-refractivity contribution in [1.29, 1.82) is 0 Å². The molecule has 2 aromatic carbocycles. The third-order valence-electron chi connectivity index (χ3n) is 3.65. The Hall–Kier alpha value is -2.07. The second-order valence-corrected chi connectivity index (χ2v) is 6.58. The molecule has 0 fully saturated rings. The van der Waals surface area contributed by atoms with E-state index in [1.54, 1.807) is 11.3 Å². The number of ether oxygens (including phenoxy) is 1. The Morgan fingerprint density at radius 3 is 2.74 bits per heavy atom. The summed E-state index contributed by atoms with van der Waals surface area (Å²) in [5.74, 6) is 0.934. The Bertz CT molecular complexity index is 739. The summed E-state index contributed by atoms with van der Waals surface area (Å²) in [5, 5.41) is 4.25. The molecule has 0 atom stereocenters. The molecule has 0 unspecified atom stereocenters. The van der Waals surface area contributed by atoms with Gasteiger partial charge in [0, 0.05) is 5.69 Å². The number of aromatic nitrogens is 1. The van der Waals surface area contributed by atoms with E-state index in [0.29, 0.717) is 0 Å².